The Kier molecular flexibility index (Phi) is 6.99. The number of anilines is 1. The van der Waals surface area contributed by atoms with Crippen molar-refractivity contribution in [1.29, 1.82) is 5.26 Å². The van der Waals surface area contributed by atoms with Gasteiger partial charge < -0.3 is 9.88 Å². The molecule has 1 aromatic carbocycles. The fourth-order valence-corrected chi connectivity index (χ4v) is 7.45. The molecule has 3 heterocycles. The Morgan fingerprint density at radius 1 is 1.21 bits per heavy atom. The van der Waals surface area contributed by atoms with Gasteiger partial charge in [0.25, 0.3) is 0 Å². The summed E-state index contributed by atoms with van der Waals surface area (Å²) in [6.07, 6.45) is 6.63. The first kappa shape index (κ1) is 23.1. The van der Waals surface area contributed by atoms with Crippen LogP contribution in [0.4, 0.5) is 5.00 Å². The third kappa shape index (κ3) is 4.50. The number of hydrogen-bond donors (Lipinski definition) is 1. The summed E-state index contributed by atoms with van der Waals surface area (Å²) in [6, 6.07) is 10.6. The van der Waals surface area contributed by atoms with Gasteiger partial charge in [-0.25, -0.2) is 0 Å². The van der Waals surface area contributed by atoms with Gasteiger partial charge in [0.2, 0.25) is 5.91 Å². The second-order valence-electron chi connectivity index (χ2n) is 8.27. The second kappa shape index (κ2) is 10.3. The molecular formula is C25H25N5OS3. The number of thioether (sulfide) groups is 1. The quantitative estimate of drug-likeness (QED) is 0.301. The molecule has 5 rings (SSSR count). The van der Waals surface area contributed by atoms with Crippen molar-refractivity contribution in [3.05, 3.63) is 45.6 Å². The Hall–Kier alpha value is -2.67. The molecule has 0 atom stereocenters. The Labute approximate surface area is 211 Å². The Bertz CT molecular complexity index is 1380. The van der Waals surface area contributed by atoms with Gasteiger partial charge in [0, 0.05) is 32.5 Å². The highest BCUT2D eigenvalue weighted by Gasteiger charge is 2.21. The molecule has 1 aliphatic carbocycles. The van der Waals surface area contributed by atoms with E-state index in [1.807, 2.05) is 12.1 Å². The molecule has 0 bridgehead atoms. The monoisotopic (exact) mass is 507 g/mol. The van der Waals surface area contributed by atoms with E-state index in [-0.39, 0.29) is 11.7 Å². The van der Waals surface area contributed by atoms with Crippen molar-refractivity contribution in [1.82, 2.24) is 14.8 Å². The minimum Gasteiger partial charge on any atom is -0.316 e. The normalized spacial score (nSPS) is 13.8. The maximum atomic E-state index is 12.8. The number of carbonyl (C=O) groups excluding carboxylic acids is 1. The van der Waals surface area contributed by atoms with Crippen LogP contribution in [0, 0.1) is 11.3 Å². The minimum absolute atomic E-state index is 0.121. The molecule has 0 spiro atoms. The number of nitrogens with zero attached hydrogens (tertiary/aromatic N) is 4. The van der Waals surface area contributed by atoms with Crippen LogP contribution in [0.1, 0.15) is 48.6 Å². The van der Waals surface area contributed by atoms with Crippen molar-refractivity contribution in [3.8, 4) is 17.5 Å². The van der Waals surface area contributed by atoms with Crippen molar-refractivity contribution in [2.24, 2.45) is 0 Å². The molecule has 0 fully saturated rings. The number of rotatable bonds is 6. The number of thiophene rings is 2. The zero-order valence-corrected chi connectivity index (χ0v) is 21.4. The van der Waals surface area contributed by atoms with Gasteiger partial charge in [-0.05, 0) is 44.2 Å². The SMILES string of the molecule is CCn1c(SCC(=O)Nc2sc3c(c2C#N)CCCCCC3)nnc1-c1csc2ccccc12. The van der Waals surface area contributed by atoms with Gasteiger partial charge in [0.15, 0.2) is 11.0 Å². The molecular weight excluding hydrogens is 483 g/mol. The first-order chi connectivity index (χ1) is 16.7. The Morgan fingerprint density at radius 3 is 2.85 bits per heavy atom. The number of aromatic nitrogens is 3. The molecule has 0 aliphatic heterocycles. The van der Waals surface area contributed by atoms with E-state index in [0.717, 1.165) is 47.8 Å². The van der Waals surface area contributed by atoms with Crippen molar-refractivity contribution in [2.75, 3.05) is 11.1 Å². The number of amides is 1. The summed E-state index contributed by atoms with van der Waals surface area (Å²) >= 11 is 4.65. The molecule has 1 aliphatic rings. The largest absolute Gasteiger partial charge is 0.316 e. The molecule has 0 unspecified atom stereocenters. The lowest BCUT2D eigenvalue weighted by Gasteiger charge is -2.08. The molecule has 174 valence electrons. The van der Waals surface area contributed by atoms with Gasteiger partial charge in [0.1, 0.15) is 11.1 Å². The van der Waals surface area contributed by atoms with Crippen LogP contribution in [0.15, 0.2) is 34.8 Å². The summed E-state index contributed by atoms with van der Waals surface area (Å²) in [5, 5.41) is 26.3. The van der Waals surface area contributed by atoms with Crippen LogP contribution >= 0.6 is 34.4 Å². The van der Waals surface area contributed by atoms with Crippen molar-refractivity contribution >= 4 is 55.4 Å². The Morgan fingerprint density at radius 2 is 2.03 bits per heavy atom. The summed E-state index contributed by atoms with van der Waals surface area (Å²) in [5.74, 6) is 0.923. The molecule has 1 amide bonds. The van der Waals surface area contributed by atoms with Gasteiger partial charge >= 0.3 is 0 Å². The standard InChI is InChI=1S/C25H25N5OS3/c1-2-30-23(19-14-32-20-11-8-7-10-17(19)20)28-29-25(30)33-15-22(31)27-24-18(13-26)16-9-5-3-4-6-12-21(16)34-24/h7-8,10-11,14H,2-6,9,12,15H2,1H3,(H,27,31). The highest BCUT2D eigenvalue weighted by atomic mass is 32.2. The third-order valence-corrected chi connectivity index (χ3v) is 9.26. The number of nitrogens with one attached hydrogen (secondary N) is 1. The molecule has 9 heteroatoms. The minimum atomic E-state index is -0.121. The van der Waals surface area contributed by atoms with Gasteiger partial charge in [-0.3, -0.25) is 4.79 Å². The number of hydrogen-bond acceptors (Lipinski definition) is 7. The van der Waals surface area contributed by atoms with Gasteiger partial charge in [-0.15, -0.1) is 32.9 Å². The topological polar surface area (TPSA) is 83.6 Å². The van der Waals surface area contributed by atoms with Gasteiger partial charge in [-0.2, -0.15) is 5.26 Å². The summed E-state index contributed by atoms with van der Waals surface area (Å²) in [4.78, 5) is 14.1. The number of nitriles is 1. The zero-order valence-electron chi connectivity index (χ0n) is 19.0. The van der Waals surface area contributed by atoms with E-state index in [1.54, 1.807) is 22.7 Å². The van der Waals surface area contributed by atoms with Crippen LogP contribution in [0.5, 0.6) is 0 Å². The molecule has 3 aromatic heterocycles. The molecule has 6 nitrogen and oxygen atoms in total. The Balaban J connectivity index is 1.31. The lowest BCUT2D eigenvalue weighted by molar-refractivity contribution is -0.113. The molecule has 1 N–H and O–H groups in total. The smallest absolute Gasteiger partial charge is 0.235 e. The highest BCUT2D eigenvalue weighted by molar-refractivity contribution is 7.99. The fraction of sp³-hybridized carbons (Fsp3) is 0.360. The van der Waals surface area contributed by atoms with E-state index in [0.29, 0.717) is 17.1 Å². The highest BCUT2D eigenvalue weighted by Crippen LogP contribution is 2.37. The van der Waals surface area contributed by atoms with Crippen LogP contribution in [0.3, 0.4) is 0 Å². The van der Waals surface area contributed by atoms with Crippen LogP contribution < -0.4 is 5.32 Å². The molecule has 4 aromatic rings. The second-order valence-corrected chi connectivity index (χ2v) is 11.2. The van der Waals surface area contributed by atoms with E-state index in [2.05, 4.69) is 50.6 Å². The van der Waals surface area contributed by atoms with Crippen LogP contribution in [0.2, 0.25) is 0 Å². The summed E-state index contributed by atoms with van der Waals surface area (Å²) in [5.41, 5.74) is 2.87. The first-order valence-corrected chi connectivity index (χ1v) is 14.2. The number of benzene rings is 1. The number of aryl methyl sites for hydroxylation is 1. The van der Waals surface area contributed by atoms with E-state index < -0.39 is 0 Å². The first-order valence-electron chi connectivity index (χ1n) is 11.6. The lowest BCUT2D eigenvalue weighted by atomic mass is 9.97. The van der Waals surface area contributed by atoms with Gasteiger partial charge in [-0.1, -0.05) is 42.8 Å². The molecule has 34 heavy (non-hydrogen) atoms. The summed E-state index contributed by atoms with van der Waals surface area (Å²) in [7, 11) is 0. The average Bonchev–Trinajstić information content (AvgIpc) is 3.52. The fourth-order valence-electron chi connectivity index (χ4n) is 4.45. The van der Waals surface area contributed by atoms with E-state index in [9.17, 15) is 10.1 Å². The molecule has 0 saturated heterocycles. The van der Waals surface area contributed by atoms with E-state index in [4.69, 9.17) is 0 Å². The maximum absolute atomic E-state index is 12.8. The van der Waals surface area contributed by atoms with Gasteiger partial charge in [0.05, 0.1) is 11.3 Å². The van der Waals surface area contributed by atoms with Crippen molar-refractivity contribution in [3.63, 3.8) is 0 Å². The molecule has 0 radical (unpaired) electrons. The predicted octanol–water partition coefficient (Wildman–Crippen LogP) is 6.50. The van der Waals surface area contributed by atoms with Crippen LogP contribution in [0.25, 0.3) is 21.5 Å². The van der Waals surface area contributed by atoms with E-state index in [1.165, 1.54) is 39.6 Å². The van der Waals surface area contributed by atoms with Crippen LogP contribution in [-0.2, 0) is 24.2 Å². The van der Waals surface area contributed by atoms with Crippen molar-refractivity contribution < 1.29 is 4.79 Å². The molecule has 0 saturated carbocycles. The lowest BCUT2D eigenvalue weighted by Crippen LogP contribution is -2.14. The predicted molar refractivity (Wildman–Crippen MR) is 141 cm³/mol. The maximum Gasteiger partial charge on any atom is 0.235 e. The van der Waals surface area contributed by atoms with Crippen molar-refractivity contribution in [2.45, 2.75) is 57.1 Å². The zero-order chi connectivity index (χ0) is 23.5. The third-order valence-electron chi connectivity index (χ3n) is 6.12. The summed E-state index contributed by atoms with van der Waals surface area (Å²) in [6.45, 7) is 2.78. The number of carbonyl (C=O) groups is 1. The van der Waals surface area contributed by atoms with E-state index >= 15 is 0 Å². The number of fused-ring (bicyclic) bond motifs is 2. The summed E-state index contributed by atoms with van der Waals surface area (Å²) < 4.78 is 3.28. The van der Waals surface area contributed by atoms with Crippen LogP contribution in [-0.4, -0.2) is 26.4 Å². The average molecular weight is 508 g/mol.